The first kappa shape index (κ1) is 13.4. The minimum absolute atomic E-state index is 0.821. The third-order valence-electron chi connectivity index (χ3n) is 3.83. The van der Waals surface area contributed by atoms with Crippen LogP contribution in [0, 0.1) is 5.92 Å². The maximum absolute atomic E-state index is 3.54. The fourth-order valence-electron chi connectivity index (χ4n) is 2.69. The number of benzene rings is 1. The monoisotopic (exact) mass is 246 g/mol. The van der Waals surface area contributed by atoms with Gasteiger partial charge in [0.2, 0.25) is 0 Å². The van der Waals surface area contributed by atoms with E-state index in [9.17, 15) is 0 Å². The highest BCUT2D eigenvalue weighted by atomic mass is 15.2. The second-order valence-corrected chi connectivity index (χ2v) is 5.33. The van der Waals surface area contributed by atoms with Crippen LogP contribution in [0.5, 0.6) is 0 Å². The van der Waals surface area contributed by atoms with E-state index in [-0.39, 0.29) is 0 Å². The van der Waals surface area contributed by atoms with Crippen LogP contribution in [-0.4, -0.2) is 26.2 Å². The third kappa shape index (κ3) is 3.49. The van der Waals surface area contributed by atoms with E-state index in [0.717, 1.165) is 18.9 Å². The molecule has 0 amide bonds. The highest BCUT2D eigenvalue weighted by molar-refractivity contribution is 5.49. The normalized spacial score (nSPS) is 19.4. The second kappa shape index (κ2) is 6.79. The van der Waals surface area contributed by atoms with Crippen molar-refractivity contribution < 1.29 is 0 Å². The Hall–Kier alpha value is -1.02. The Kier molecular flexibility index (Phi) is 5.06. The predicted octanol–water partition coefficient (Wildman–Crippen LogP) is 3.07. The molecule has 0 aromatic heterocycles. The molecular formula is C16H26N2. The van der Waals surface area contributed by atoms with Crippen LogP contribution in [0.2, 0.25) is 0 Å². The summed E-state index contributed by atoms with van der Waals surface area (Å²) in [6.07, 6.45) is 3.69. The van der Waals surface area contributed by atoms with Gasteiger partial charge in [-0.3, -0.25) is 0 Å². The Morgan fingerprint density at radius 3 is 3.00 bits per heavy atom. The Morgan fingerprint density at radius 1 is 1.33 bits per heavy atom. The van der Waals surface area contributed by atoms with Crippen LogP contribution < -0.4 is 10.2 Å². The molecule has 2 nitrogen and oxygen atoms in total. The molecule has 0 radical (unpaired) electrons. The zero-order chi connectivity index (χ0) is 12.8. The van der Waals surface area contributed by atoms with Crippen molar-refractivity contribution in [3.8, 4) is 0 Å². The number of rotatable bonds is 6. The smallest absolute Gasteiger partial charge is 0.0369 e. The molecule has 0 spiro atoms. The van der Waals surface area contributed by atoms with Gasteiger partial charge in [-0.05, 0) is 56.0 Å². The summed E-state index contributed by atoms with van der Waals surface area (Å²) in [7, 11) is 0. The summed E-state index contributed by atoms with van der Waals surface area (Å²) < 4.78 is 0. The lowest BCUT2D eigenvalue weighted by atomic mass is 10.1. The van der Waals surface area contributed by atoms with Crippen molar-refractivity contribution in [2.45, 2.75) is 33.1 Å². The van der Waals surface area contributed by atoms with Crippen molar-refractivity contribution in [1.82, 2.24) is 5.32 Å². The molecule has 2 rings (SSSR count). The minimum atomic E-state index is 0.821. The van der Waals surface area contributed by atoms with Crippen LogP contribution >= 0.6 is 0 Å². The van der Waals surface area contributed by atoms with Crippen molar-refractivity contribution in [3.63, 3.8) is 0 Å². The molecule has 1 aliphatic rings. The lowest BCUT2D eigenvalue weighted by Crippen LogP contribution is -2.26. The van der Waals surface area contributed by atoms with Gasteiger partial charge in [0.15, 0.2) is 0 Å². The summed E-state index contributed by atoms with van der Waals surface area (Å²) in [4.78, 5) is 2.54. The number of anilines is 1. The summed E-state index contributed by atoms with van der Waals surface area (Å²) in [6.45, 7) is 9.21. The Balaban J connectivity index is 1.87. The summed E-state index contributed by atoms with van der Waals surface area (Å²) in [5.74, 6) is 0.821. The molecular weight excluding hydrogens is 220 g/mol. The van der Waals surface area contributed by atoms with Gasteiger partial charge in [-0.25, -0.2) is 0 Å². The van der Waals surface area contributed by atoms with Crippen molar-refractivity contribution in [1.29, 1.82) is 0 Å². The molecule has 2 heteroatoms. The topological polar surface area (TPSA) is 15.3 Å². The van der Waals surface area contributed by atoms with Gasteiger partial charge in [-0.1, -0.05) is 26.0 Å². The first-order valence-corrected chi connectivity index (χ1v) is 7.38. The van der Waals surface area contributed by atoms with E-state index in [1.54, 1.807) is 0 Å². The van der Waals surface area contributed by atoms with Gasteiger partial charge in [0.1, 0.15) is 0 Å². The molecule has 0 bridgehead atoms. The molecule has 1 aromatic rings. The zero-order valence-electron chi connectivity index (χ0n) is 11.8. The van der Waals surface area contributed by atoms with Gasteiger partial charge in [0.05, 0.1) is 0 Å². The molecule has 1 atom stereocenters. The molecule has 1 aromatic carbocycles. The van der Waals surface area contributed by atoms with E-state index in [1.807, 2.05) is 0 Å². The van der Waals surface area contributed by atoms with Crippen molar-refractivity contribution >= 4 is 5.69 Å². The van der Waals surface area contributed by atoms with Crippen molar-refractivity contribution in [2.75, 3.05) is 31.1 Å². The average molecular weight is 246 g/mol. The van der Waals surface area contributed by atoms with Crippen LogP contribution in [0.25, 0.3) is 0 Å². The van der Waals surface area contributed by atoms with Gasteiger partial charge in [-0.2, -0.15) is 0 Å². The largest absolute Gasteiger partial charge is 0.371 e. The maximum atomic E-state index is 3.54. The zero-order valence-corrected chi connectivity index (χ0v) is 11.8. The van der Waals surface area contributed by atoms with E-state index in [2.05, 4.69) is 48.3 Å². The fourth-order valence-corrected chi connectivity index (χ4v) is 2.69. The van der Waals surface area contributed by atoms with E-state index in [0.29, 0.717) is 0 Å². The minimum Gasteiger partial charge on any atom is -0.371 e. The van der Waals surface area contributed by atoms with Gasteiger partial charge in [-0.15, -0.1) is 0 Å². The van der Waals surface area contributed by atoms with Crippen LogP contribution in [0.1, 0.15) is 32.3 Å². The Morgan fingerprint density at radius 2 is 2.22 bits per heavy atom. The van der Waals surface area contributed by atoms with Gasteiger partial charge in [0, 0.05) is 18.8 Å². The molecule has 0 aliphatic carbocycles. The number of nitrogens with one attached hydrogen (secondary N) is 1. The van der Waals surface area contributed by atoms with Crippen LogP contribution in [-0.2, 0) is 6.42 Å². The number of nitrogens with zero attached hydrogens (tertiary/aromatic N) is 1. The Labute approximate surface area is 111 Å². The average Bonchev–Trinajstić information content (AvgIpc) is 2.88. The standard InChI is InChI=1S/C16H26N2/c1-3-9-17-12-15-8-10-18(13-15)16-7-5-6-14(4-2)11-16/h5-7,11,15,17H,3-4,8-10,12-13H2,1-2H3. The number of hydrogen-bond acceptors (Lipinski definition) is 2. The molecule has 1 heterocycles. The lowest BCUT2D eigenvalue weighted by Gasteiger charge is -2.19. The summed E-state index contributed by atoms with van der Waals surface area (Å²) in [6, 6.07) is 9.01. The number of hydrogen-bond donors (Lipinski definition) is 1. The van der Waals surface area contributed by atoms with Crippen molar-refractivity contribution in [2.24, 2.45) is 5.92 Å². The quantitative estimate of drug-likeness (QED) is 0.776. The molecule has 1 aliphatic heterocycles. The first-order valence-electron chi connectivity index (χ1n) is 7.38. The van der Waals surface area contributed by atoms with Crippen LogP contribution in [0.4, 0.5) is 5.69 Å². The van der Waals surface area contributed by atoms with Gasteiger partial charge >= 0.3 is 0 Å². The van der Waals surface area contributed by atoms with Crippen LogP contribution in [0.15, 0.2) is 24.3 Å². The SMILES string of the molecule is CCCNCC1CCN(c2cccc(CC)c2)C1. The molecule has 0 saturated carbocycles. The summed E-state index contributed by atoms with van der Waals surface area (Å²) >= 11 is 0. The third-order valence-corrected chi connectivity index (χ3v) is 3.83. The summed E-state index contributed by atoms with van der Waals surface area (Å²) in [5.41, 5.74) is 2.85. The second-order valence-electron chi connectivity index (χ2n) is 5.33. The number of aryl methyl sites for hydroxylation is 1. The van der Waals surface area contributed by atoms with E-state index < -0.39 is 0 Å². The highest BCUT2D eigenvalue weighted by Gasteiger charge is 2.22. The van der Waals surface area contributed by atoms with Gasteiger partial charge < -0.3 is 10.2 Å². The molecule has 1 unspecified atom stereocenters. The molecule has 18 heavy (non-hydrogen) atoms. The molecule has 100 valence electrons. The Bertz CT molecular complexity index is 362. The van der Waals surface area contributed by atoms with Crippen LogP contribution in [0.3, 0.4) is 0 Å². The maximum Gasteiger partial charge on any atom is 0.0369 e. The predicted molar refractivity (Wildman–Crippen MR) is 79.3 cm³/mol. The van der Waals surface area contributed by atoms with E-state index in [1.165, 1.54) is 43.7 Å². The fraction of sp³-hybridized carbons (Fsp3) is 0.625. The summed E-state index contributed by atoms with van der Waals surface area (Å²) in [5, 5.41) is 3.54. The molecule has 1 N–H and O–H groups in total. The van der Waals surface area contributed by atoms with E-state index in [4.69, 9.17) is 0 Å². The van der Waals surface area contributed by atoms with Gasteiger partial charge in [0.25, 0.3) is 0 Å². The lowest BCUT2D eigenvalue weighted by molar-refractivity contribution is 0.516. The van der Waals surface area contributed by atoms with E-state index >= 15 is 0 Å². The first-order chi connectivity index (χ1) is 8.83. The highest BCUT2D eigenvalue weighted by Crippen LogP contribution is 2.24. The van der Waals surface area contributed by atoms with Crippen molar-refractivity contribution in [3.05, 3.63) is 29.8 Å². The molecule has 1 fully saturated rings. The molecule has 1 saturated heterocycles.